The van der Waals surface area contributed by atoms with Gasteiger partial charge in [0.15, 0.2) is 0 Å². The van der Waals surface area contributed by atoms with E-state index in [9.17, 15) is 22.4 Å². The summed E-state index contributed by atoms with van der Waals surface area (Å²) in [7, 11) is -3.87. The SMILES string of the molecule is Cc1c(S(=O)(=O)Nc2ccc(C(=O)N3CCN(C(=O)c4ccccn4)CC3)cc2)sc2c1C=C(F)CC2. The molecule has 1 N–H and O–H groups in total. The average molecular weight is 541 g/mol. The van der Waals surface area contributed by atoms with E-state index in [0.717, 1.165) is 16.2 Å². The van der Waals surface area contributed by atoms with Gasteiger partial charge in [0, 0.05) is 54.9 Å². The third-order valence-electron chi connectivity index (χ3n) is 6.48. The van der Waals surface area contributed by atoms with Gasteiger partial charge < -0.3 is 9.80 Å². The fourth-order valence-electron chi connectivity index (χ4n) is 4.48. The number of aromatic nitrogens is 1. The Balaban J connectivity index is 1.22. The van der Waals surface area contributed by atoms with Gasteiger partial charge in [0.2, 0.25) is 0 Å². The van der Waals surface area contributed by atoms with Crippen LogP contribution >= 0.6 is 11.3 Å². The summed E-state index contributed by atoms with van der Waals surface area (Å²) >= 11 is 1.16. The Morgan fingerprint density at radius 1 is 0.973 bits per heavy atom. The third kappa shape index (κ3) is 5.14. The lowest BCUT2D eigenvalue weighted by atomic mass is 10.0. The predicted molar refractivity (Wildman–Crippen MR) is 140 cm³/mol. The lowest BCUT2D eigenvalue weighted by molar-refractivity contribution is 0.0532. The summed E-state index contributed by atoms with van der Waals surface area (Å²) in [6.07, 6.45) is 3.76. The first-order valence-electron chi connectivity index (χ1n) is 11.8. The first-order chi connectivity index (χ1) is 17.7. The van der Waals surface area contributed by atoms with Crippen LogP contribution in [0.5, 0.6) is 0 Å². The number of allylic oxidation sites excluding steroid dienone is 1. The molecule has 192 valence electrons. The minimum Gasteiger partial charge on any atom is -0.335 e. The lowest BCUT2D eigenvalue weighted by Gasteiger charge is -2.34. The van der Waals surface area contributed by atoms with Gasteiger partial charge in [-0.1, -0.05) is 6.07 Å². The zero-order valence-electron chi connectivity index (χ0n) is 20.1. The van der Waals surface area contributed by atoms with Gasteiger partial charge in [-0.2, -0.15) is 0 Å². The van der Waals surface area contributed by atoms with Crippen molar-refractivity contribution in [2.45, 2.75) is 24.0 Å². The van der Waals surface area contributed by atoms with Crippen LogP contribution in [0, 0.1) is 6.92 Å². The average Bonchev–Trinajstić information content (AvgIpc) is 3.25. The van der Waals surface area contributed by atoms with E-state index >= 15 is 0 Å². The van der Waals surface area contributed by atoms with Crippen LogP contribution < -0.4 is 4.72 Å². The summed E-state index contributed by atoms with van der Waals surface area (Å²) in [6.45, 7) is 3.28. The number of anilines is 1. The molecular weight excluding hydrogens is 515 g/mol. The maximum absolute atomic E-state index is 13.7. The molecule has 0 spiro atoms. The van der Waals surface area contributed by atoms with E-state index in [-0.39, 0.29) is 28.3 Å². The Morgan fingerprint density at radius 2 is 1.65 bits per heavy atom. The molecule has 2 aromatic heterocycles. The molecule has 1 aromatic carbocycles. The number of fused-ring (bicyclic) bond motifs is 1. The van der Waals surface area contributed by atoms with Crippen molar-refractivity contribution < 1.29 is 22.4 Å². The number of benzene rings is 1. The largest absolute Gasteiger partial charge is 0.335 e. The molecule has 0 unspecified atom stereocenters. The number of rotatable bonds is 5. The molecule has 5 rings (SSSR count). The second-order valence-corrected chi connectivity index (χ2v) is 11.9. The Kier molecular flexibility index (Phi) is 6.82. The van der Waals surface area contributed by atoms with E-state index in [1.807, 2.05) is 0 Å². The highest BCUT2D eigenvalue weighted by molar-refractivity contribution is 7.94. The molecule has 37 heavy (non-hydrogen) atoms. The molecule has 2 amide bonds. The van der Waals surface area contributed by atoms with E-state index < -0.39 is 10.0 Å². The van der Waals surface area contributed by atoms with Gasteiger partial charge in [0.25, 0.3) is 21.8 Å². The number of nitrogens with one attached hydrogen (secondary N) is 1. The second-order valence-electron chi connectivity index (χ2n) is 8.92. The number of carbonyl (C=O) groups excluding carboxylic acids is 2. The fraction of sp³-hybridized carbons (Fsp3) is 0.269. The van der Waals surface area contributed by atoms with E-state index in [2.05, 4.69) is 9.71 Å². The predicted octanol–water partition coefficient (Wildman–Crippen LogP) is 4.11. The van der Waals surface area contributed by atoms with Crippen LogP contribution in [0.25, 0.3) is 6.08 Å². The number of hydrogen-bond acceptors (Lipinski definition) is 6. The summed E-state index contributed by atoms with van der Waals surface area (Å²) < 4.78 is 42.5. The first-order valence-corrected chi connectivity index (χ1v) is 14.1. The molecule has 1 saturated heterocycles. The molecule has 2 aliphatic rings. The minimum absolute atomic E-state index is 0.160. The Morgan fingerprint density at radius 3 is 2.30 bits per heavy atom. The zero-order chi connectivity index (χ0) is 26.2. The van der Waals surface area contributed by atoms with Gasteiger partial charge in [-0.3, -0.25) is 19.3 Å². The number of amides is 2. The molecule has 8 nitrogen and oxygen atoms in total. The third-order valence-corrected chi connectivity index (χ3v) is 9.85. The fourth-order valence-corrected chi connectivity index (χ4v) is 7.41. The maximum atomic E-state index is 13.7. The molecule has 0 bridgehead atoms. The highest BCUT2D eigenvalue weighted by atomic mass is 32.2. The second kappa shape index (κ2) is 10.1. The van der Waals surface area contributed by atoms with Gasteiger partial charge in [-0.25, -0.2) is 12.8 Å². The van der Waals surface area contributed by atoms with Crippen LogP contribution in [0.3, 0.4) is 0 Å². The molecule has 0 radical (unpaired) electrons. The van der Waals surface area contributed by atoms with Gasteiger partial charge in [0.1, 0.15) is 15.7 Å². The lowest BCUT2D eigenvalue weighted by Crippen LogP contribution is -2.50. The van der Waals surface area contributed by atoms with E-state index in [1.54, 1.807) is 65.4 Å². The van der Waals surface area contributed by atoms with E-state index in [0.29, 0.717) is 60.7 Å². The van der Waals surface area contributed by atoms with Crippen molar-refractivity contribution in [1.29, 1.82) is 0 Å². The quantitative estimate of drug-likeness (QED) is 0.525. The van der Waals surface area contributed by atoms with Crippen LogP contribution in [0.4, 0.5) is 10.1 Å². The molecular formula is C26H25FN4O4S2. The number of aryl methyl sites for hydroxylation is 1. The summed E-state index contributed by atoms with van der Waals surface area (Å²) in [5, 5.41) is 0. The summed E-state index contributed by atoms with van der Waals surface area (Å²) in [5.74, 6) is -0.589. The van der Waals surface area contributed by atoms with Crippen molar-refractivity contribution in [2.24, 2.45) is 0 Å². The van der Waals surface area contributed by atoms with E-state index in [1.165, 1.54) is 6.08 Å². The molecule has 0 atom stereocenters. The molecule has 1 aliphatic carbocycles. The summed E-state index contributed by atoms with van der Waals surface area (Å²) in [6, 6.07) is 11.4. The van der Waals surface area contributed by atoms with Crippen molar-refractivity contribution in [3.63, 3.8) is 0 Å². The van der Waals surface area contributed by atoms with Crippen molar-refractivity contribution in [3.05, 3.63) is 81.7 Å². The van der Waals surface area contributed by atoms with Gasteiger partial charge in [-0.05, 0) is 66.9 Å². The first kappa shape index (κ1) is 25.1. The molecule has 3 heterocycles. The number of pyridine rings is 1. The smallest absolute Gasteiger partial charge is 0.272 e. The van der Waals surface area contributed by atoms with Crippen LogP contribution in [0.15, 0.2) is 58.7 Å². The summed E-state index contributed by atoms with van der Waals surface area (Å²) in [4.78, 5) is 33.9. The molecule has 3 aromatic rings. The standard InChI is InChI=1S/C26H25FN4O4S2/c1-17-21-16-19(27)7-10-23(21)36-26(17)37(34,35)29-20-8-5-18(6-9-20)24(32)30-12-14-31(15-13-30)25(33)22-4-2-3-11-28-22/h2-6,8-9,11,16,29H,7,10,12-15H2,1H3. The Hall–Kier alpha value is -3.57. The summed E-state index contributed by atoms with van der Waals surface area (Å²) in [5.41, 5.74) is 2.32. The Bertz CT molecular complexity index is 1480. The van der Waals surface area contributed by atoms with Crippen molar-refractivity contribution in [3.8, 4) is 0 Å². The number of carbonyl (C=O) groups is 2. The topological polar surface area (TPSA) is 99.7 Å². The van der Waals surface area contributed by atoms with Crippen molar-refractivity contribution >= 4 is 44.9 Å². The molecule has 1 aliphatic heterocycles. The van der Waals surface area contributed by atoms with E-state index in [4.69, 9.17) is 0 Å². The number of hydrogen-bond donors (Lipinski definition) is 1. The maximum Gasteiger partial charge on any atom is 0.272 e. The monoisotopic (exact) mass is 540 g/mol. The highest BCUT2D eigenvalue weighted by Gasteiger charge is 2.28. The number of halogens is 1. The van der Waals surface area contributed by atoms with Crippen molar-refractivity contribution in [2.75, 3.05) is 30.9 Å². The molecule has 0 saturated carbocycles. The van der Waals surface area contributed by atoms with Crippen LogP contribution in [-0.4, -0.2) is 61.2 Å². The van der Waals surface area contributed by atoms with Gasteiger partial charge in [0.05, 0.1) is 0 Å². The van der Waals surface area contributed by atoms with Crippen LogP contribution in [0.1, 0.15) is 43.3 Å². The molecule has 1 fully saturated rings. The number of sulfonamides is 1. The normalized spacial score (nSPS) is 15.7. The Labute approximate surface area is 218 Å². The highest BCUT2D eigenvalue weighted by Crippen LogP contribution is 2.38. The number of nitrogens with zero attached hydrogens (tertiary/aromatic N) is 3. The number of thiophene rings is 1. The van der Waals surface area contributed by atoms with Gasteiger partial charge in [-0.15, -0.1) is 11.3 Å². The molecule has 11 heteroatoms. The van der Waals surface area contributed by atoms with Crippen LogP contribution in [0.2, 0.25) is 0 Å². The zero-order valence-corrected chi connectivity index (χ0v) is 21.7. The van der Waals surface area contributed by atoms with Crippen molar-refractivity contribution in [1.82, 2.24) is 14.8 Å². The van der Waals surface area contributed by atoms with Crippen LogP contribution in [-0.2, 0) is 16.4 Å². The minimum atomic E-state index is -3.87. The van der Waals surface area contributed by atoms with Gasteiger partial charge >= 0.3 is 0 Å². The number of piperazine rings is 1.